The molecular formula is C12H14BrClN2O3. The van der Waals surface area contributed by atoms with Gasteiger partial charge < -0.3 is 5.32 Å². The summed E-state index contributed by atoms with van der Waals surface area (Å²) in [4.78, 5) is 22.4. The molecule has 5 nitrogen and oxygen atoms in total. The van der Waals surface area contributed by atoms with Gasteiger partial charge in [0.25, 0.3) is 11.6 Å². The maximum Gasteiger partial charge on any atom is 0.283 e. The molecular weight excluding hydrogens is 336 g/mol. The molecule has 0 bridgehead atoms. The van der Waals surface area contributed by atoms with Crippen LogP contribution in [0.3, 0.4) is 0 Å². The number of nitro benzene ring substituents is 1. The first-order chi connectivity index (χ1) is 8.84. The summed E-state index contributed by atoms with van der Waals surface area (Å²) in [5.41, 5.74) is -0.390. The Hall–Kier alpha value is -1.14. The van der Waals surface area contributed by atoms with Crippen molar-refractivity contribution in [2.75, 3.05) is 6.54 Å². The number of nitrogens with one attached hydrogen (secondary N) is 1. The first-order valence-corrected chi connectivity index (χ1v) is 6.99. The Morgan fingerprint density at radius 3 is 2.68 bits per heavy atom. The average Bonchev–Trinajstić information content (AvgIpc) is 2.34. The van der Waals surface area contributed by atoms with Crippen molar-refractivity contribution in [2.45, 2.75) is 18.7 Å². The van der Waals surface area contributed by atoms with E-state index in [1.54, 1.807) is 0 Å². The third-order valence-electron chi connectivity index (χ3n) is 2.60. The molecule has 0 aliphatic rings. The van der Waals surface area contributed by atoms with Crippen molar-refractivity contribution in [1.29, 1.82) is 0 Å². The Morgan fingerprint density at radius 1 is 1.53 bits per heavy atom. The highest BCUT2D eigenvalue weighted by atomic mass is 79.9. The number of amides is 1. The van der Waals surface area contributed by atoms with E-state index in [0.717, 1.165) is 0 Å². The Kier molecular flexibility index (Phi) is 5.75. The van der Waals surface area contributed by atoms with Crippen LogP contribution in [0.25, 0.3) is 0 Å². The van der Waals surface area contributed by atoms with Gasteiger partial charge in [-0.1, -0.05) is 47.4 Å². The van der Waals surface area contributed by atoms with Crippen LogP contribution in [0.2, 0.25) is 5.02 Å². The molecule has 0 radical (unpaired) electrons. The van der Waals surface area contributed by atoms with Gasteiger partial charge >= 0.3 is 0 Å². The summed E-state index contributed by atoms with van der Waals surface area (Å²) in [6, 6.07) is 4.16. The van der Waals surface area contributed by atoms with Crippen LogP contribution < -0.4 is 5.32 Å². The molecule has 1 aromatic carbocycles. The van der Waals surface area contributed by atoms with Gasteiger partial charge in [-0.3, -0.25) is 14.9 Å². The molecule has 0 aliphatic heterocycles. The number of carbonyl (C=O) groups excluding carboxylic acids is 1. The van der Waals surface area contributed by atoms with Gasteiger partial charge in [-0.25, -0.2) is 0 Å². The highest BCUT2D eigenvalue weighted by molar-refractivity contribution is 9.09. The molecule has 1 aromatic rings. The molecule has 0 fully saturated rings. The van der Waals surface area contributed by atoms with Gasteiger partial charge in [-0.05, 0) is 12.0 Å². The first-order valence-electron chi connectivity index (χ1n) is 5.69. The zero-order valence-corrected chi connectivity index (χ0v) is 12.9. The summed E-state index contributed by atoms with van der Waals surface area (Å²) in [5.74, 6) is -0.205. The number of alkyl halides is 1. The molecule has 0 heterocycles. The van der Waals surface area contributed by atoms with Crippen molar-refractivity contribution in [3.8, 4) is 0 Å². The van der Waals surface area contributed by atoms with E-state index in [2.05, 4.69) is 21.2 Å². The minimum Gasteiger partial charge on any atom is -0.351 e. The highest BCUT2D eigenvalue weighted by Gasteiger charge is 2.23. The third kappa shape index (κ3) is 4.18. The van der Waals surface area contributed by atoms with Crippen molar-refractivity contribution in [1.82, 2.24) is 5.32 Å². The summed E-state index contributed by atoms with van der Waals surface area (Å²) in [6.07, 6.45) is 0. The number of benzene rings is 1. The largest absolute Gasteiger partial charge is 0.351 e. The van der Waals surface area contributed by atoms with Gasteiger partial charge in [0, 0.05) is 17.4 Å². The fraction of sp³-hybridized carbons (Fsp3) is 0.417. The van der Waals surface area contributed by atoms with Crippen molar-refractivity contribution < 1.29 is 9.72 Å². The summed E-state index contributed by atoms with van der Waals surface area (Å²) < 4.78 is 0. The van der Waals surface area contributed by atoms with Crippen molar-refractivity contribution >= 4 is 39.1 Å². The summed E-state index contributed by atoms with van der Waals surface area (Å²) >= 11 is 9.30. The third-order valence-corrected chi connectivity index (χ3v) is 4.29. The molecule has 1 atom stereocenters. The van der Waals surface area contributed by atoms with E-state index < -0.39 is 10.8 Å². The van der Waals surface area contributed by atoms with E-state index in [4.69, 9.17) is 11.6 Å². The number of halogens is 2. The molecule has 7 heteroatoms. The second-order valence-corrected chi connectivity index (χ2v) is 5.94. The van der Waals surface area contributed by atoms with Crippen LogP contribution >= 0.6 is 27.5 Å². The lowest BCUT2D eigenvalue weighted by molar-refractivity contribution is -0.385. The Morgan fingerprint density at radius 2 is 2.16 bits per heavy atom. The van der Waals surface area contributed by atoms with Gasteiger partial charge in [0.1, 0.15) is 5.56 Å². The Balaban J connectivity index is 2.91. The SMILES string of the molecule is CC(C)C(Br)CNC(=O)c1c(Cl)cccc1[N+](=O)[O-]. The standard InChI is InChI=1S/C12H14BrClN2O3/c1-7(2)8(13)6-15-12(17)11-9(14)4-3-5-10(11)16(18)19/h3-5,7-8H,6H2,1-2H3,(H,15,17). The van der Waals surface area contributed by atoms with Crippen LogP contribution in [-0.4, -0.2) is 22.2 Å². The van der Waals surface area contributed by atoms with E-state index in [1.807, 2.05) is 13.8 Å². The molecule has 1 N–H and O–H groups in total. The molecule has 104 valence electrons. The van der Waals surface area contributed by atoms with E-state index in [0.29, 0.717) is 12.5 Å². The predicted molar refractivity (Wildman–Crippen MR) is 78.0 cm³/mol. The molecule has 0 saturated heterocycles. The monoisotopic (exact) mass is 348 g/mol. The Bertz CT molecular complexity index is 494. The number of nitrogens with zero attached hydrogens (tertiary/aromatic N) is 1. The van der Waals surface area contributed by atoms with E-state index >= 15 is 0 Å². The lowest BCUT2D eigenvalue weighted by Crippen LogP contribution is -2.32. The van der Waals surface area contributed by atoms with Crippen molar-refractivity contribution in [3.05, 3.63) is 38.9 Å². The Labute approximate surface area is 124 Å². The quantitative estimate of drug-likeness (QED) is 0.503. The zero-order valence-electron chi connectivity index (χ0n) is 10.5. The molecule has 0 spiro atoms. The molecule has 1 amide bonds. The normalized spacial score (nSPS) is 12.3. The lowest BCUT2D eigenvalue weighted by atomic mass is 10.1. The molecule has 19 heavy (non-hydrogen) atoms. The number of hydrogen-bond donors (Lipinski definition) is 1. The van der Waals surface area contributed by atoms with Gasteiger partial charge in [-0.15, -0.1) is 0 Å². The minimum atomic E-state index is -0.616. The van der Waals surface area contributed by atoms with Crippen molar-refractivity contribution in [2.24, 2.45) is 5.92 Å². The second-order valence-electron chi connectivity index (χ2n) is 4.36. The van der Waals surface area contributed by atoms with E-state index in [9.17, 15) is 14.9 Å². The van der Waals surface area contributed by atoms with Gasteiger partial charge in [0.05, 0.1) is 9.95 Å². The van der Waals surface area contributed by atoms with Crippen LogP contribution in [0.1, 0.15) is 24.2 Å². The summed E-state index contributed by atoms with van der Waals surface area (Å²) in [7, 11) is 0. The summed E-state index contributed by atoms with van der Waals surface area (Å²) in [5, 5.41) is 13.6. The van der Waals surface area contributed by atoms with Crippen LogP contribution in [0, 0.1) is 16.0 Å². The van der Waals surface area contributed by atoms with Crippen LogP contribution in [0.5, 0.6) is 0 Å². The molecule has 0 aromatic heterocycles. The molecule has 0 aliphatic carbocycles. The minimum absolute atomic E-state index is 0.0716. The maximum absolute atomic E-state index is 12.0. The van der Waals surface area contributed by atoms with Crippen LogP contribution in [-0.2, 0) is 0 Å². The smallest absolute Gasteiger partial charge is 0.283 e. The van der Waals surface area contributed by atoms with Gasteiger partial charge in [-0.2, -0.15) is 0 Å². The first kappa shape index (κ1) is 15.9. The second kappa shape index (κ2) is 6.86. The lowest BCUT2D eigenvalue weighted by Gasteiger charge is -2.14. The van der Waals surface area contributed by atoms with E-state index in [1.165, 1.54) is 18.2 Å². The molecule has 1 unspecified atom stereocenters. The number of hydrogen-bond acceptors (Lipinski definition) is 3. The predicted octanol–water partition coefficient (Wildman–Crippen LogP) is 3.40. The fourth-order valence-electron chi connectivity index (χ4n) is 1.40. The number of rotatable bonds is 5. The fourth-order valence-corrected chi connectivity index (χ4v) is 1.82. The molecule has 1 rings (SSSR count). The summed E-state index contributed by atoms with van der Waals surface area (Å²) in [6.45, 7) is 4.38. The molecule has 0 saturated carbocycles. The topological polar surface area (TPSA) is 72.2 Å². The zero-order chi connectivity index (χ0) is 14.6. The highest BCUT2D eigenvalue weighted by Crippen LogP contribution is 2.26. The van der Waals surface area contributed by atoms with Crippen LogP contribution in [0.15, 0.2) is 18.2 Å². The van der Waals surface area contributed by atoms with Crippen LogP contribution in [0.4, 0.5) is 5.69 Å². The maximum atomic E-state index is 12.0. The van der Waals surface area contributed by atoms with E-state index in [-0.39, 0.29) is 21.1 Å². The number of carbonyl (C=O) groups is 1. The van der Waals surface area contributed by atoms with Crippen molar-refractivity contribution in [3.63, 3.8) is 0 Å². The van der Waals surface area contributed by atoms with Gasteiger partial charge in [0.2, 0.25) is 0 Å². The average molecular weight is 350 g/mol. The van der Waals surface area contributed by atoms with Gasteiger partial charge in [0.15, 0.2) is 0 Å². The number of nitro groups is 1.